The van der Waals surface area contributed by atoms with Gasteiger partial charge in [0.1, 0.15) is 0 Å². The number of hydrogen-bond donors (Lipinski definition) is 1. The summed E-state index contributed by atoms with van der Waals surface area (Å²) in [6.07, 6.45) is 7.06. The summed E-state index contributed by atoms with van der Waals surface area (Å²) in [7, 11) is 0. The molecule has 1 aliphatic rings. The highest BCUT2D eigenvalue weighted by Crippen LogP contribution is 2.23. The van der Waals surface area contributed by atoms with E-state index in [1.165, 1.54) is 45.2 Å². The average molecular weight is 169 g/mol. The Hall–Kier alpha value is -0.0400. The number of nitrogens with one attached hydrogen (secondary N) is 1. The molecule has 1 heterocycles. The SMILES string of the molecule is CCC(C)CC1CCCNCC1. The predicted octanol–water partition coefficient (Wildman–Crippen LogP) is 2.81. The Morgan fingerprint density at radius 2 is 2.17 bits per heavy atom. The molecule has 1 nitrogen and oxygen atoms in total. The lowest BCUT2D eigenvalue weighted by Gasteiger charge is -2.17. The molecule has 1 saturated heterocycles. The topological polar surface area (TPSA) is 12.0 Å². The molecule has 0 aromatic carbocycles. The van der Waals surface area contributed by atoms with Crippen molar-refractivity contribution in [1.82, 2.24) is 5.32 Å². The Morgan fingerprint density at radius 1 is 1.33 bits per heavy atom. The quantitative estimate of drug-likeness (QED) is 0.685. The summed E-state index contributed by atoms with van der Waals surface area (Å²) in [6, 6.07) is 0. The third-order valence-corrected chi connectivity index (χ3v) is 3.13. The maximum absolute atomic E-state index is 3.47. The molecule has 1 heteroatoms. The lowest BCUT2D eigenvalue weighted by Crippen LogP contribution is -2.14. The highest BCUT2D eigenvalue weighted by molar-refractivity contribution is 4.68. The van der Waals surface area contributed by atoms with Gasteiger partial charge in [-0.25, -0.2) is 0 Å². The van der Waals surface area contributed by atoms with Crippen LogP contribution in [-0.2, 0) is 0 Å². The standard InChI is InChI=1S/C11H23N/c1-3-10(2)9-11-5-4-7-12-8-6-11/h10-12H,3-9H2,1-2H3. The van der Waals surface area contributed by atoms with Crippen LogP contribution in [0.25, 0.3) is 0 Å². The second-order valence-electron chi connectivity index (χ2n) is 4.30. The fourth-order valence-electron chi connectivity index (χ4n) is 2.06. The zero-order valence-corrected chi connectivity index (χ0v) is 8.60. The zero-order valence-electron chi connectivity index (χ0n) is 8.60. The molecule has 12 heavy (non-hydrogen) atoms. The minimum absolute atomic E-state index is 0.938. The van der Waals surface area contributed by atoms with Crippen molar-refractivity contribution in [1.29, 1.82) is 0 Å². The van der Waals surface area contributed by atoms with E-state index in [1.54, 1.807) is 0 Å². The van der Waals surface area contributed by atoms with Gasteiger partial charge in [0.15, 0.2) is 0 Å². The molecular formula is C11H23N. The van der Waals surface area contributed by atoms with E-state index in [9.17, 15) is 0 Å². The molecule has 2 atom stereocenters. The maximum Gasteiger partial charge on any atom is -0.00463 e. The van der Waals surface area contributed by atoms with Gasteiger partial charge in [0, 0.05) is 0 Å². The van der Waals surface area contributed by atoms with Gasteiger partial charge in [-0.2, -0.15) is 0 Å². The molecule has 0 amide bonds. The van der Waals surface area contributed by atoms with E-state index in [1.807, 2.05) is 0 Å². The predicted molar refractivity (Wildman–Crippen MR) is 54.3 cm³/mol. The van der Waals surface area contributed by atoms with Crippen molar-refractivity contribution in [3.05, 3.63) is 0 Å². The van der Waals surface area contributed by atoms with Gasteiger partial charge in [-0.3, -0.25) is 0 Å². The summed E-state index contributed by atoms with van der Waals surface area (Å²) in [5.41, 5.74) is 0. The molecule has 0 radical (unpaired) electrons. The Kier molecular flexibility index (Phi) is 4.67. The summed E-state index contributed by atoms with van der Waals surface area (Å²) in [5, 5.41) is 3.47. The Balaban J connectivity index is 2.20. The molecule has 2 unspecified atom stereocenters. The first kappa shape index (κ1) is 10.0. The van der Waals surface area contributed by atoms with Gasteiger partial charge in [0.05, 0.1) is 0 Å². The summed E-state index contributed by atoms with van der Waals surface area (Å²) >= 11 is 0. The zero-order chi connectivity index (χ0) is 8.81. The van der Waals surface area contributed by atoms with Crippen LogP contribution in [0.15, 0.2) is 0 Å². The Bertz CT molecular complexity index is 104. The van der Waals surface area contributed by atoms with E-state index >= 15 is 0 Å². The summed E-state index contributed by atoms with van der Waals surface area (Å²) in [5.74, 6) is 1.95. The molecule has 1 aliphatic heterocycles. The van der Waals surface area contributed by atoms with Crippen LogP contribution in [0.3, 0.4) is 0 Å². The van der Waals surface area contributed by atoms with Crippen LogP contribution in [0, 0.1) is 11.8 Å². The van der Waals surface area contributed by atoms with Crippen LogP contribution in [0.2, 0.25) is 0 Å². The summed E-state index contributed by atoms with van der Waals surface area (Å²) < 4.78 is 0. The molecule has 0 aromatic rings. The van der Waals surface area contributed by atoms with Crippen LogP contribution in [-0.4, -0.2) is 13.1 Å². The van der Waals surface area contributed by atoms with Crippen molar-refractivity contribution in [2.75, 3.05) is 13.1 Å². The number of hydrogen-bond acceptors (Lipinski definition) is 1. The molecule has 0 aliphatic carbocycles. The van der Waals surface area contributed by atoms with E-state index in [0.29, 0.717) is 0 Å². The smallest absolute Gasteiger partial charge is 0.00463 e. The molecule has 0 bridgehead atoms. The molecule has 72 valence electrons. The maximum atomic E-state index is 3.47. The normalized spacial score (nSPS) is 28.0. The fourth-order valence-corrected chi connectivity index (χ4v) is 2.06. The highest BCUT2D eigenvalue weighted by Gasteiger charge is 2.13. The lowest BCUT2D eigenvalue weighted by molar-refractivity contribution is 0.355. The van der Waals surface area contributed by atoms with Gasteiger partial charge in [-0.05, 0) is 50.6 Å². The van der Waals surface area contributed by atoms with Crippen molar-refractivity contribution in [2.24, 2.45) is 11.8 Å². The van der Waals surface area contributed by atoms with Gasteiger partial charge in [-0.15, -0.1) is 0 Å². The Morgan fingerprint density at radius 3 is 2.92 bits per heavy atom. The molecule has 1 rings (SSSR count). The largest absolute Gasteiger partial charge is 0.317 e. The minimum atomic E-state index is 0.938. The first-order valence-electron chi connectivity index (χ1n) is 5.53. The lowest BCUT2D eigenvalue weighted by atomic mass is 9.89. The van der Waals surface area contributed by atoms with Crippen LogP contribution in [0.1, 0.15) is 46.0 Å². The monoisotopic (exact) mass is 169 g/mol. The van der Waals surface area contributed by atoms with Crippen molar-refractivity contribution in [3.63, 3.8) is 0 Å². The van der Waals surface area contributed by atoms with E-state index in [4.69, 9.17) is 0 Å². The molecule has 0 aromatic heterocycles. The van der Waals surface area contributed by atoms with Crippen molar-refractivity contribution in [3.8, 4) is 0 Å². The first-order valence-corrected chi connectivity index (χ1v) is 5.53. The van der Waals surface area contributed by atoms with E-state index in [2.05, 4.69) is 19.2 Å². The average Bonchev–Trinajstić information content (AvgIpc) is 2.33. The van der Waals surface area contributed by atoms with Gasteiger partial charge in [0.25, 0.3) is 0 Å². The van der Waals surface area contributed by atoms with E-state index < -0.39 is 0 Å². The second kappa shape index (κ2) is 5.58. The third kappa shape index (κ3) is 3.57. The fraction of sp³-hybridized carbons (Fsp3) is 1.00. The van der Waals surface area contributed by atoms with Crippen LogP contribution in [0.4, 0.5) is 0 Å². The highest BCUT2D eigenvalue weighted by atomic mass is 14.8. The summed E-state index contributed by atoms with van der Waals surface area (Å²) in [6.45, 7) is 7.19. The van der Waals surface area contributed by atoms with Crippen LogP contribution >= 0.6 is 0 Å². The first-order chi connectivity index (χ1) is 5.83. The molecule has 1 N–H and O–H groups in total. The van der Waals surface area contributed by atoms with Crippen molar-refractivity contribution >= 4 is 0 Å². The van der Waals surface area contributed by atoms with Crippen LogP contribution in [0.5, 0.6) is 0 Å². The minimum Gasteiger partial charge on any atom is -0.317 e. The van der Waals surface area contributed by atoms with Gasteiger partial charge in [-0.1, -0.05) is 20.3 Å². The number of rotatable bonds is 3. The molecule has 0 saturated carbocycles. The summed E-state index contributed by atoms with van der Waals surface area (Å²) in [4.78, 5) is 0. The van der Waals surface area contributed by atoms with Crippen molar-refractivity contribution in [2.45, 2.75) is 46.0 Å². The van der Waals surface area contributed by atoms with Gasteiger partial charge in [0.2, 0.25) is 0 Å². The van der Waals surface area contributed by atoms with E-state index in [0.717, 1.165) is 11.8 Å². The van der Waals surface area contributed by atoms with Gasteiger partial charge >= 0.3 is 0 Å². The van der Waals surface area contributed by atoms with E-state index in [-0.39, 0.29) is 0 Å². The Labute approximate surface area is 76.9 Å². The third-order valence-electron chi connectivity index (χ3n) is 3.13. The van der Waals surface area contributed by atoms with Crippen molar-refractivity contribution < 1.29 is 0 Å². The van der Waals surface area contributed by atoms with Gasteiger partial charge < -0.3 is 5.32 Å². The second-order valence-corrected chi connectivity index (χ2v) is 4.30. The molecule has 0 spiro atoms. The molecular weight excluding hydrogens is 146 g/mol. The molecule has 1 fully saturated rings. The van der Waals surface area contributed by atoms with Crippen LogP contribution < -0.4 is 5.32 Å².